The normalized spacial score (nSPS) is 19.8. The smallest absolute Gasteiger partial charge is 0.222 e. The Kier molecular flexibility index (Phi) is 4.30. The van der Waals surface area contributed by atoms with Crippen LogP contribution in [0, 0.1) is 0 Å². The fourth-order valence-electron chi connectivity index (χ4n) is 2.93. The maximum absolute atomic E-state index is 12.0. The van der Waals surface area contributed by atoms with Gasteiger partial charge in [0.1, 0.15) is 5.75 Å². The third kappa shape index (κ3) is 3.67. The molecular weight excluding hydrogens is 316 g/mol. The van der Waals surface area contributed by atoms with E-state index in [9.17, 15) is 13.2 Å². The molecule has 0 bridgehead atoms. The molecule has 1 atom stereocenters. The van der Waals surface area contributed by atoms with Crippen LogP contribution in [0.4, 0.5) is 0 Å². The van der Waals surface area contributed by atoms with Crippen molar-refractivity contribution in [3.63, 3.8) is 0 Å². The van der Waals surface area contributed by atoms with Gasteiger partial charge in [0.15, 0.2) is 9.84 Å². The van der Waals surface area contributed by atoms with Crippen molar-refractivity contribution in [1.29, 1.82) is 0 Å². The summed E-state index contributed by atoms with van der Waals surface area (Å²) in [6, 6.07) is 7.56. The molecule has 1 unspecified atom stereocenters. The van der Waals surface area contributed by atoms with Crippen molar-refractivity contribution < 1.29 is 17.9 Å². The van der Waals surface area contributed by atoms with Gasteiger partial charge in [0.25, 0.3) is 0 Å². The number of nitrogens with zero attached hydrogens (tertiary/aromatic N) is 1. The molecule has 23 heavy (non-hydrogen) atoms. The summed E-state index contributed by atoms with van der Waals surface area (Å²) in [6.07, 6.45) is 2.78. The second-order valence-corrected chi connectivity index (χ2v) is 8.08. The Labute approximate surface area is 135 Å². The van der Waals surface area contributed by atoms with E-state index in [1.807, 2.05) is 35.0 Å². The first-order chi connectivity index (χ1) is 11.0. The first-order valence-electron chi connectivity index (χ1n) is 7.59. The van der Waals surface area contributed by atoms with E-state index in [4.69, 9.17) is 4.74 Å². The molecular formula is C16H20N2O4S. The summed E-state index contributed by atoms with van der Waals surface area (Å²) < 4.78 is 30.0. The third-order valence-electron chi connectivity index (χ3n) is 4.16. The Hall–Kier alpha value is -2.02. The Morgan fingerprint density at radius 3 is 2.91 bits per heavy atom. The number of fused-ring (bicyclic) bond motifs is 1. The van der Waals surface area contributed by atoms with Gasteiger partial charge in [0, 0.05) is 36.1 Å². The summed E-state index contributed by atoms with van der Waals surface area (Å²) >= 11 is 0. The standard InChI is InChI=1S/C16H20N2O4S/c1-22-14-2-3-15-12(10-14)4-7-18(15)8-5-16(19)17-13-6-9-23(20,21)11-13/h2-4,7,10,13H,5-6,8-9,11H2,1H3,(H,17,19). The monoisotopic (exact) mass is 336 g/mol. The number of amides is 1. The Balaban J connectivity index is 1.59. The summed E-state index contributed by atoms with van der Waals surface area (Å²) in [5, 5.41) is 3.87. The molecule has 7 heteroatoms. The molecule has 1 aliphatic rings. The second kappa shape index (κ2) is 6.23. The number of hydrogen-bond donors (Lipinski definition) is 1. The van der Waals surface area contributed by atoms with Crippen molar-refractivity contribution >= 4 is 26.6 Å². The molecule has 1 amide bonds. The van der Waals surface area contributed by atoms with Crippen LogP contribution in [0.2, 0.25) is 0 Å². The van der Waals surface area contributed by atoms with Gasteiger partial charge in [-0.05, 0) is 30.7 Å². The number of aromatic nitrogens is 1. The minimum atomic E-state index is -2.97. The molecule has 0 radical (unpaired) electrons. The molecule has 0 saturated carbocycles. The molecule has 0 aliphatic carbocycles. The number of sulfone groups is 1. The van der Waals surface area contributed by atoms with Crippen LogP contribution >= 0.6 is 0 Å². The lowest BCUT2D eigenvalue weighted by atomic mass is 10.2. The fourth-order valence-corrected chi connectivity index (χ4v) is 4.60. The summed E-state index contributed by atoms with van der Waals surface area (Å²) in [6.45, 7) is 0.557. The molecule has 6 nitrogen and oxygen atoms in total. The zero-order valence-electron chi connectivity index (χ0n) is 13.0. The minimum absolute atomic E-state index is 0.0605. The maximum atomic E-state index is 12.0. The summed E-state index contributed by atoms with van der Waals surface area (Å²) in [5.74, 6) is 0.922. The van der Waals surface area contributed by atoms with Crippen molar-refractivity contribution in [2.75, 3.05) is 18.6 Å². The van der Waals surface area contributed by atoms with Gasteiger partial charge in [-0.1, -0.05) is 0 Å². The predicted molar refractivity (Wildman–Crippen MR) is 88.3 cm³/mol. The number of hydrogen-bond acceptors (Lipinski definition) is 4. The van der Waals surface area contributed by atoms with Gasteiger partial charge in [0.2, 0.25) is 5.91 Å². The number of carbonyl (C=O) groups excluding carboxylic acids is 1. The molecule has 0 spiro atoms. The van der Waals surface area contributed by atoms with Crippen molar-refractivity contribution in [3.05, 3.63) is 30.5 Å². The molecule has 1 aliphatic heterocycles. The maximum Gasteiger partial charge on any atom is 0.222 e. The molecule has 2 heterocycles. The van der Waals surface area contributed by atoms with Crippen molar-refractivity contribution in [3.8, 4) is 5.75 Å². The highest BCUT2D eigenvalue weighted by atomic mass is 32.2. The zero-order chi connectivity index (χ0) is 16.4. The second-order valence-electron chi connectivity index (χ2n) is 5.85. The van der Waals surface area contributed by atoms with E-state index in [-0.39, 0.29) is 23.5 Å². The first-order valence-corrected chi connectivity index (χ1v) is 9.42. The Morgan fingerprint density at radius 1 is 1.39 bits per heavy atom. The van der Waals surface area contributed by atoms with E-state index >= 15 is 0 Å². The molecule has 1 aromatic carbocycles. The topological polar surface area (TPSA) is 77.4 Å². The van der Waals surface area contributed by atoms with Crippen LogP contribution in [0.25, 0.3) is 10.9 Å². The highest BCUT2D eigenvalue weighted by molar-refractivity contribution is 7.91. The molecule has 3 rings (SSSR count). The number of carbonyl (C=O) groups is 1. The first kappa shape index (κ1) is 15.9. The Morgan fingerprint density at radius 2 is 2.22 bits per heavy atom. The van der Waals surface area contributed by atoms with Crippen molar-refractivity contribution in [2.24, 2.45) is 0 Å². The van der Waals surface area contributed by atoms with Crippen LogP contribution in [0.15, 0.2) is 30.5 Å². The molecule has 124 valence electrons. The highest BCUT2D eigenvalue weighted by Gasteiger charge is 2.28. The van der Waals surface area contributed by atoms with Crippen LogP contribution in [0.5, 0.6) is 5.75 Å². The number of nitrogens with one attached hydrogen (secondary N) is 1. The van der Waals surface area contributed by atoms with Gasteiger partial charge >= 0.3 is 0 Å². The van der Waals surface area contributed by atoms with Gasteiger partial charge in [-0.25, -0.2) is 8.42 Å². The summed E-state index contributed by atoms with van der Waals surface area (Å²) in [5.41, 5.74) is 1.04. The third-order valence-corrected chi connectivity index (χ3v) is 5.92. The van der Waals surface area contributed by atoms with Gasteiger partial charge < -0.3 is 14.6 Å². The van der Waals surface area contributed by atoms with Crippen molar-refractivity contribution in [1.82, 2.24) is 9.88 Å². The largest absolute Gasteiger partial charge is 0.497 e. The fraction of sp³-hybridized carbons (Fsp3) is 0.438. The number of methoxy groups -OCH3 is 1. The lowest BCUT2D eigenvalue weighted by molar-refractivity contribution is -0.121. The number of aryl methyl sites for hydroxylation is 1. The van der Waals surface area contributed by atoms with Crippen LogP contribution in [0.3, 0.4) is 0 Å². The van der Waals surface area contributed by atoms with Gasteiger partial charge in [-0.15, -0.1) is 0 Å². The van der Waals surface area contributed by atoms with E-state index in [1.165, 1.54) is 0 Å². The van der Waals surface area contributed by atoms with Crippen LogP contribution < -0.4 is 10.1 Å². The van der Waals surface area contributed by atoms with Crippen LogP contribution in [0.1, 0.15) is 12.8 Å². The summed E-state index contributed by atoms with van der Waals surface area (Å²) in [4.78, 5) is 12.0. The van der Waals surface area contributed by atoms with E-state index in [0.717, 1.165) is 16.7 Å². The molecule has 1 saturated heterocycles. The molecule has 1 N–H and O–H groups in total. The molecule has 2 aromatic rings. The molecule has 1 aromatic heterocycles. The quantitative estimate of drug-likeness (QED) is 0.894. The van der Waals surface area contributed by atoms with Gasteiger partial charge in [0.05, 0.1) is 18.6 Å². The van der Waals surface area contributed by atoms with E-state index in [1.54, 1.807) is 7.11 Å². The number of ether oxygens (including phenoxy) is 1. The Bertz CT molecular complexity index is 826. The summed E-state index contributed by atoms with van der Waals surface area (Å²) in [7, 11) is -1.34. The predicted octanol–water partition coefficient (Wildman–Crippen LogP) is 1.34. The SMILES string of the molecule is COc1ccc2c(ccn2CCC(=O)NC2CCS(=O)(=O)C2)c1. The van der Waals surface area contributed by atoms with Crippen LogP contribution in [-0.4, -0.2) is 43.5 Å². The zero-order valence-corrected chi connectivity index (χ0v) is 13.8. The lowest BCUT2D eigenvalue weighted by Crippen LogP contribution is -2.35. The van der Waals surface area contributed by atoms with Gasteiger partial charge in [-0.2, -0.15) is 0 Å². The number of benzene rings is 1. The number of rotatable bonds is 5. The van der Waals surface area contributed by atoms with E-state index in [0.29, 0.717) is 19.4 Å². The minimum Gasteiger partial charge on any atom is -0.497 e. The van der Waals surface area contributed by atoms with Crippen LogP contribution in [-0.2, 0) is 21.2 Å². The average Bonchev–Trinajstić information content (AvgIpc) is 3.07. The van der Waals surface area contributed by atoms with Crippen molar-refractivity contribution in [2.45, 2.75) is 25.4 Å². The van der Waals surface area contributed by atoms with Gasteiger partial charge in [-0.3, -0.25) is 4.79 Å². The highest BCUT2D eigenvalue weighted by Crippen LogP contribution is 2.22. The molecule has 1 fully saturated rings. The average molecular weight is 336 g/mol. The lowest BCUT2D eigenvalue weighted by Gasteiger charge is -2.11. The van der Waals surface area contributed by atoms with E-state index in [2.05, 4.69) is 5.32 Å². The van der Waals surface area contributed by atoms with E-state index < -0.39 is 9.84 Å².